The first kappa shape index (κ1) is 18.7. The number of aryl methyl sites for hydroxylation is 1. The second kappa shape index (κ2) is 9.02. The molecule has 1 N–H and O–H groups in total. The Morgan fingerprint density at radius 2 is 1.81 bits per heavy atom. The van der Waals surface area contributed by atoms with E-state index < -0.39 is 5.91 Å². The normalized spacial score (nSPS) is 14.5. The van der Waals surface area contributed by atoms with E-state index in [1.54, 1.807) is 6.08 Å². The van der Waals surface area contributed by atoms with E-state index in [-0.39, 0.29) is 5.57 Å². The van der Waals surface area contributed by atoms with Gasteiger partial charge >= 0.3 is 0 Å². The van der Waals surface area contributed by atoms with Gasteiger partial charge in [0.05, 0.1) is 13.2 Å². The van der Waals surface area contributed by atoms with Crippen LogP contribution in [0.2, 0.25) is 0 Å². The molecule has 0 spiro atoms. The number of nitrogens with zero attached hydrogens (tertiary/aromatic N) is 2. The molecule has 5 nitrogen and oxygen atoms in total. The number of carbonyl (C=O) groups excluding carboxylic acids is 1. The van der Waals surface area contributed by atoms with Crippen LogP contribution in [0, 0.1) is 11.3 Å². The number of benzene rings is 2. The molecule has 5 heteroatoms. The van der Waals surface area contributed by atoms with E-state index in [0.717, 1.165) is 44.0 Å². The molecule has 1 saturated heterocycles. The molecule has 1 aliphatic rings. The molecule has 1 aliphatic heterocycles. The van der Waals surface area contributed by atoms with Crippen LogP contribution in [0.25, 0.3) is 6.08 Å². The van der Waals surface area contributed by atoms with Gasteiger partial charge in [-0.05, 0) is 47.9 Å². The van der Waals surface area contributed by atoms with Crippen molar-refractivity contribution in [3.8, 4) is 6.07 Å². The SMILES string of the molecule is CCc1ccc(/C=C(/C#N)C(=O)Nc2ccc(N3CCOCC3)cc2)cc1. The van der Waals surface area contributed by atoms with Gasteiger partial charge in [-0.1, -0.05) is 31.2 Å². The summed E-state index contributed by atoms with van der Waals surface area (Å²) in [4.78, 5) is 14.7. The fraction of sp³-hybridized carbons (Fsp3) is 0.273. The van der Waals surface area contributed by atoms with Crippen molar-refractivity contribution in [1.29, 1.82) is 5.26 Å². The quantitative estimate of drug-likeness (QED) is 0.652. The Balaban J connectivity index is 1.67. The molecule has 0 radical (unpaired) electrons. The topological polar surface area (TPSA) is 65.4 Å². The third kappa shape index (κ3) is 4.96. The van der Waals surface area contributed by atoms with Gasteiger partial charge in [0.15, 0.2) is 0 Å². The van der Waals surface area contributed by atoms with Crippen LogP contribution in [0.1, 0.15) is 18.1 Å². The fourth-order valence-corrected chi connectivity index (χ4v) is 2.94. The lowest BCUT2D eigenvalue weighted by molar-refractivity contribution is -0.112. The number of rotatable bonds is 5. The van der Waals surface area contributed by atoms with E-state index in [4.69, 9.17) is 4.74 Å². The number of hydrogen-bond donors (Lipinski definition) is 1. The standard InChI is InChI=1S/C22H23N3O2/c1-2-17-3-5-18(6-4-17)15-19(16-23)22(26)24-20-7-9-21(10-8-20)25-11-13-27-14-12-25/h3-10,15H,2,11-14H2,1H3,(H,24,26)/b19-15-. The maximum absolute atomic E-state index is 12.4. The van der Waals surface area contributed by atoms with Gasteiger partial charge in [-0.15, -0.1) is 0 Å². The number of morpholine rings is 1. The predicted molar refractivity (Wildman–Crippen MR) is 108 cm³/mol. The van der Waals surface area contributed by atoms with Crippen molar-refractivity contribution in [3.05, 3.63) is 65.2 Å². The van der Waals surface area contributed by atoms with Gasteiger partial charge in [0.1, 0.15) is 11.6 Å². The summed E-state index contributed by atoms with van der Waals surface area (Å²) >= 11 is 0. The van der Waals surface area contributed by atoms with Crippen LogP contribution in [0.4, 0.5) is 11.4 Å². The molecule has 1 amide bonds. The number of hydrogen-bond acceptors (Lipinski definition) is 4. The summed E-state index contributed by atoms with van der Waals surface area (Å²) in [7, 11) is 0. The summed E-state index contributed by atoms with van der Waals surface area (Å²) in [5, 5.41) is 12.1. The number of anilines is 2. The fourth-order valence-electron chi connectivity index (χ4n) is 2.94. The lowest BCUT2D eigenvalue weighted by atomic mass is 10.1. The van der Waals surface area contributed by atoms with Crippen molar-refractivity contribution >= 4 is 23.4 Å². The third-order valence-corrected chi connectivity index (χ3v) is 4.57. The molecule has 0 aromatic heterocycles. The molecule has 138 valence electrons. The first-order valence-electron chi connectivity index (χ1n) is 9.14. The van der Waals surface area contributed by atoms with Crippen LogP contribution in [0.5, 0.6) is 0 Å². The molecule has 0 saturated carbocycles. The molecule has 1 fully saturated rings. The van der Waals surface area contributed by atoms with Crippen molar-refractivity contribution in [2.75, 3.05) is 36.5 Å². The highest BCUT2D eigenvalue weighted by atomic mass is 16.5. The van der Waals surface area contributed by atoms with E-state index in [2.05, 4.69) is 17.1 Å². The highest BCUT2D eigenvalue weighted by Gasteiger charge is 2.12. The lowest BCUT2D eigenvalue weighted by Gasteiger charge is -2.28. The zero-order valence-corrected chi connectivity index (χ0v) is 15.4. The Bertz CT molecular complexity index is 843. The van der Waals surface area contributed by atoms with Gasteiger partial charge in [0.25, 0.3) is 5.91 Å². The molecular formula is C22H23N3O2. The van der Waals surface area contributed by atoms with Crippen LogP contribution >= 0.6 is 0 Å². The van der Waals surface area contributed by atoms with Gasteiger partial charge in [-0.2, -0.15) is 5.26 Å². The largest absolute Gasteiger partial charge is 0.378 e. The Labute approximate surface area is 159 Å². The summed E-state index contributed by atoms with van der Waals surface area (Å²) < 4.78 is 5.36. The minimum atomic E-state index is -0.406. The highest BCUT2D eigenvalue weighted by Crippen LogP contribution is 2.19. The summed E-state index contributed by atoms with van der Waals surface area (Å²) in [5.74, 6) is -0.406. The monoisotopic (exact) mass is 361 g/mol. The Hall–Kier alpha value is -3.10. The molecule has 27 heavy (non-hydrogen) atoms. The van der Waals surface area contributed by atoms with Crippen molar-refractivity contribution in [2.45, 2.75) is 13.3 Å². The summed E-state index contributed by atoms with van der Waals surface area (Å²) in [5.41, 5.74) is 3.90. The van der Waals surface area contributed by atoms with Crippen LogP contribution < -0.4 is 10.2 Å². The summed E-state index contributed by atoms with van der Waals surface area (Å²) in [6.07, 6.45) is 2.56. The average Bonchev–Trinajstić information content (AvgIpc) is 2.73. The predicted octanol–water partition coefficient (Wildman–Crippen LogP) is 3.63. The molecule has 0 unspecified atom stereocenters. The number of carbonyl (C=O) groups is 1. The Kier molecular flexibility index (Phi) is 6.24. The zero-order valence-electron chi connectivity index (χ0n) is 15.4. The number of ether oxygens (including phenoxy) is 1. The van der Waals surface area contributed by atoms with Gasteiger partial charge in [0, 0.05) is 24.5 Å². The van der Waals surface area contributed by atoms with Gasteiger partial charge in [0.2, 0.25) is 0 Å². The maximum atomic E-state index is 12.4. The smallest absolute Gasteiger partial charge is 0.266 e. The van der Waals surface area contributed by atoms with Crippen LogP contribution in [0.3, 0.4) is 0 Å². The van der Waals surface area contributed by atoms with E-state index in [1.807, 2.05) is 54.6 Å². The molecule has 3 rings (SSSR count). The average molecular weight is 361 g/mol. The van der Waals surface area contributed by atoms with Gasteiger partial charge in [-0.25, -0.2) is 0 Å². The second-order valence-corrected chi connectivity index (χ2v) is 6.37. The lowest BCUT2D eigenvalue weighted by Crippen LogP contribution is -2.36. The van der Waals surface area contributed by atoms with Gasteiger partial charge in [-0.3, -0.25) is 4.79 Å². The highest BCUT2D eigenvalue weighted by molar-refractivity contribution is 6.09. The molecular weight excluding hydrogens is 338 g/mol. The van der Waals surface area contributed by atoms with E-state index in [9.17, 15) is 10.1 Å². The number of nitriles is 1. The van der Waals surface area contributed by atoms with Crippen LogP contribution in [0.15, 0.2) is 54.1 Å². The first-order chi connectivity index (χ1) is 13.2. The van der Waals surface area contributed by atoms with Crippen LogP contribution in [-0.4, -0.2) is 32.2 Å². The van der Waals surface area contributed by atoms with Crippen molar-refractivity contribution < 1.29 is 9.53 Å². The van der Waals surface area contributed by atoms with Crippen LogP contribution in [-0.2, 0) is 16.0 Å². The third-order valence-electron chi connectivity index (χ3n) is 4.57. The number of nitrogens with one attached hydrogen (secondary N) is 1. The number of amides is 1. The second-order valence-electron chi connectivity index (χ2n) is 6.37. The minimum absolute atomic E-state index is 0.0801. The molecule has 2 aromatic rings. The molecule has 0 bridgehead atoms. The van der Waals surface area contributed by atoms with E-state index in [0.29, 0.717) is 5.69 Å². The maximum Gasteiger partial charge on any atom is 0.266 e. The van der Waals surface area contributed by atoms with Gasteiger partial charge < -0.3 is 15.0 Å². The van der Waals surface area contributed by atoms with Crippen molar-refractivity contribution in [1.82, 2.24) is 0 Å². The molecule has 0 aliphatic carbocycles. The molecule has 1 heterocycles. The Morgan fingerprint density at radius 3 is 2.41 bits per heavy atom. The molecule has 0 atom stereocenters. The Morgan fingerprint density at radius 1 is 1.15 bits per heavy atom. The summed E-state index contributed by atoms with van der Waals surface area (Å²) in [6, 6.07) is 17.5. The first-order valence-corrected chi connectivity index (χ1v) is 9.14. The van der Waals surface area contributed by atoms with Crippen molar-refractivity contribution in [2.24, 2.45) is 0 Å². The summed E-state index contributed by atoms with van der Waals surface area (Å²) in [6.45, 7) is 5.28. The van der Waals surface area contributed by atoms with E-state index >= 15 is 0 Å². The minimum Gasteiger partial charge on any atom is -0.378 e. The molecule has 2 aromatic carbocycles. The zero-order chi connectivity index (χ0) is 19.1. The van der Waals surface area contributed by atoms with E-state index in [1.165, 1.54) is 5.56 Å². The van der Waals surface area contributed by atoms with Crippen molar-refractivity contribution in [3.63, 3.8) is 0 Å².